The molecule has 5 nitrogen and oxygen atoms in total. The van der Waals surface area contributed by atoms with E-state index in [4.69, 9.17) is 20.8 Å². The van der Waals surface area contributed by atoms with Crippen molar-refractivity contribution in [2.45, 2.75) is 32.2 Å². The molecule has 1 amide bonds. The van der Waals surface area contributed by atoms with Crippen LogP contribution in [0.2, 0.25) is 5.02 Å². The lowest BCUT2D eigenvalue weighted by atomic mass is 10.1. The van der Waals surface area contributed by atoms with Gasteiger partial charge in [-0.05, 0) is 68.8 Å². The number of benzene rings is 1. The van der Waals surface area contributed by atoms with Crippen LogP contribution in [0.4, 0.5) is 0 Å². The molecule has 2 aromatic rings. The molecule has 6 heteroatoms. The lowest BCUT2D eigenvalue weighted by Crippen LogP contribution is -2.41. The lowest BCUT2D eigenvalue weighted by Gasteiger charge is -2.33. The molecular formula is C20H25ClN2O3. The fourth-order valence-corrected chi connectivity index (χ4v) is 3.36. The first-order valence-corrected chi connectivity index (χ1v) is 9.44. The summed E-state index contributed by atoms with van der Waals surface area (Å²) in [5.74, 6) is 1.38. The molecule has 3 rings (SSSR count). The number of halogens is 1. The van der Waals surface area contributed by atoms with Crippen molar-refractivity contribution in [1.82, 2.24) is 10.2 Å². The molecule has 1 aliphatic heterocycles. The fraction of sp³-hybridized carbons (Fsp3) is 0.450. The molecule has 1 fully saturated rings. The average molecular weight is 377 g/mol. The van der Waals surface area contributed by atoms with E-state index in [2.05, 4.69) is 10.2 Å². The van der Waals surface area contributed by atoms with Crippen molar-refractivity contribution in [1.29, 1.82) is 0 Å². The smallest absolute Gasteiger partial charge is 0.258 e. The van der Waals surface area contributed by atoms with Gasteiger partial charge in [-0.3, -0.25) is 9.69 Å². The fourth-order valence-electron chi connectivity index (χ4n) is 3.24. The third-order valence-electron chi connectivity index (χ3n) is 4.69. The maximum absolute atomic E-state index is 12.2. The van der Waals surface area contributed by atoms with Crippen LogP contribution in [0.25, 0.3) is 0 Å². The molecule has 1 saturated heterocycles. The Labute approximate surface area is 159 Å². The molecule has 0 spiro atoms. The summed E-state index contributed by atoms with van der Waals surface area (Å²) in [5, 5.41) is 3.66. The minimum Gasteiger partial charge on any atom is -0.484 e. The zero-order chi connectivity index (χ0) is 18.4. The number of ether oxygens (including phenoxy) is 1. The van der Waals surface area contributed by atoms with Gasteiger partial charge in [0.15, 0.2) is 6.61 Å². The zero-order valence-corrected chi connectivity index (χ0v) is 15.8. The Kier molecular flexibility index (Phi) is 6.58. The number of rotatable bonds is 7. The Hall–Kier alpha value is -1.98. The van der Waals surface area contributed by atoms with E-state index in [1.165, 1.54) is 19.3 Å². The van der Waals surface area contributed by atoms with Crippen LogP contribution in [0, 0.1) is 6.92 Å². The molecular weight excluding hydrogens is 352 g/mol. The summed E-state index contributed by atoms with van der Waals surface area (Å²) in [7, 11) is 0. The summed E-state index contributed by atoms with van der Waals surface area (Å²) in [6, 6.07) is 9.29. The molecule has 0 bridgehead atoms. The van der Waals surface area contributed by atoms with Crippen molar-refractivity contribution >= 4 is 17.5 Å². The monoisotopic (exact) mass is 376 g/mol. The van der Waals surface area contributed by atoms with E-state index in [1.54, 1.807) is 18.4 Å². The van der Waals surface area contributed by atoms with Gasteiger partial charge in [0.1, 0.15) is 11.5 Å². The molecule has 1 aromatic carbocycles. The maximum atomic E-state index is 12.2. The van der Waals surface area contributed by atoms with Crippen LogP contribution in [0.3, 0.4) is 0 Å². The van der Waals surface area contributed by atoms with Crippen molar-refractivity contribution in [2.24, 2.45) is 0 Å². The molecule has 1 unspecified atom stereocenters. The van der Waals surface area contributed by atoms with Crippen LogP contribution in [0.15, 0.2) is 41.0 Å². The van der Waals surface area contributed by atoms with Crippen molar-refractivity contribution in [2.75, 3.05) is 26.2 Å². The third kappa shape index (κ3) is 5.02. The summed E-state index contributed by atoms with van der Waals surface area (Å²) < 4.78 is 11.2. The highest BCUT2D eigenvalue weighted by Crippen LogP contribution is 2.24. The molecule has 1 atom stereocenters. The minimum atomic E-state index is -0.147. The molecule has 2 heterocycles. The van der Waals surface area contributed by atoms with E-state index in [0.717, 1.165) is 24.4 Å². The Morgan fingerprint density at radius 3 is 2.81 bits per heavy atom. The van der Waals surface area contributed by atoms with E-state index in [9.17, 15) is 4.79 Å². The van der Waals surface area contributed by atoms with Crippen molar-refractivity contribution in [3.8, 4) is 5.75 Å². The standard InChI is InChI=1S/C20H25ClN2O3/c1-15-12-16(7-8-17(15)21)26-14-20(24)22-13-18(19-6-5-11-25-19)23-9-3-2-4-10-23/h5-8,11-12,18H,2-4,9-10,13-14H2,1H3,(H,22,24). The second kappa shape index (κ2) is 9.10. The normalized spacial score (nSPS) is 16.2. The van der Waals surface area contributed by atoms with Crippen LogP contribution in [0.5, 0.6) is 5.75 Å². The molecule has 1 N–H and O–H groups in total. The topological polar surface area (TPSA) is 54.7 Å². The van der Waals surface area contributed by atoms with Gasteiger partial charge in [0.25, 0.3) is 5.91 Å². The number of likely N-dealkylation sites (tertiary alicyclic amines) is 1. The van der Waals surface area contributed by atoms with Gasteiger partial charge in [-0.15, -0.1) is 0 Å². The van der Waals surface area contributed by atoms with Gasteiger partial charge < -0.3 is 14.5 Å². The highest BCUT2D eigenvalue weighted by molar-refractivity contribution is 6.31. The molecule has 1 aliphatic rings. The lowest BCUT2D eigenvalue weighted by molar-refractivity contribution is -0.123. The molecule has 26 heavy (non-hydrogen) atoms. The summed E-state index contributed by atoms with van der Waals surface area (Å²) in [5.41, 5.74) is 0.924. The predicted molar refractivity (Wildman–Crippen MR) is 102 cm³/mol. The SMILES string of the molecule is Cc1cc(OCC(=O)NCC(c2ccco2)N2CCCCC2)ccc1Cl. The van der Waals surface area contributed by atoms with Gasteiger partial charge >= 0.3 is 0 Å². The van der Waals surface area contributed by atoms with E-state index in [1.807, 2.05) is 25.1 Å². The van der Waals surface area contributed by atoms with Gasteiger partial charge in [-0.1, -0.05) is 18.0 Å². The van der Waals surface area contributed by atoms with Gasteiger partial charge in [-0.25, -0.2) is 0 Å². The Balaban J connectivity index is 1.52. The molecule has 140 valence electrons. The van der Waals surface area contributed by atoms with E-state index < -0.39 is 0 Å². The van der Waals surface area contributed by atoms with E-state index in [-0.39, 0.29) is 18.6 Å². The summed E-state index contributed by atoms with van der Waals surface area (Å²) >= 11 is 6.00. The number of nitrogens with one attached hydrogen (secondary N) is 1. The number of amides is 1. The van der Waals surface area contributed by atoms with Gasteiger partial charge in [-0.2, -0.15) is 0 Å². The number of aryl methyl sites for hydroxylation is 1. The number of carbonyl (C=O) groups excluding carboxylic acids is 1. The first-order chi connectivity index (χ1) is 12.6. The quantitative estimate of drug-likeness (QED) is 0.794. The second-order valence-corrected chi connectivity index (χ2v) is 7.04. The number of furan rings is 1. The van der Waals surface area contributed by atoms with Crippen molar-refractivity contribution < 1.29 is 13.9 Å². The van der Waals surface area contributed by atoms with Crippen LogP contribution in [0.1, 0.15) is 36.6 Å². The summed E-state index contributed by atoms with van der Waals surface area (Å²) in [6.07, 6.45) is 5.32. The Morgan fingerprint density at radius 2 is 2.12 bits per heavy atom. The molecule has 0 radical (unpaired) electrons. The predicted octanol–water partition coefficient (Wildman–Crippen LogP) is 3.96. The number of piperidine rings is 1. The summed E-state index contributed by atoms with van der Waals surface area (Å²) in [6.45, 7) is 4.45. The highest BCUT2D eigenvalue weighted by Gasteiger charge is 2.24. The second-order valence-electron chi connectivity index (χ2n) is 6.63. The van der Waals surface area contributed by atoms with Crippen LogP contribution < -0.4 is 10.1 Å². The van der Waals surface area contributed by atoms with Gasteiger partial charge in [0.2, 0.25) is 0 Å². The number of hydrogen-bond donors (Lipinski definition) is 1. The van der Waals surface area contributed by atoms with Crippen LogP contribution in [-0.4, -0.2) is 37.0 Å². The number of hydrogen-bond acceptors (Lipinski definition) is 4. The Morgan fingerprint density at radius 1 is 1.31 bits per heavy atom. The maximum Gasteiger partial charge on any atom is 0.258 e. The van der Waals surface area contributed by atoms with Crippen LogP contribution in [-0.2, 0) is 4.79 Å². The van der Waals surface area contributed by atoms with E-state index >= 15 is 0 Å². The van der Waals surface area contributed by atoms with Crippen LogP contribution >= 0.6 is 11.6 Å². The van der Waals surface area contributed by atoms with Crippen molar-refractivity contribution in [3.05, 3.63) is 52.9 Å². The Bertz CT molecular complexity index is 712. The van der Waals surface area contributed by atoms with Crippen molar-refractivity contribution in [3.63, 3.8) is 0 Å². The first-order valence-electron chi connectivity index (χ1n) is 9.06. The number of nitrogens with zero attached hydrogens (tertiary/aromatic N) is 1. The number of carbonyl (C=O) groups is 1. The molecule has 0 saturated carbocycles. The summed E-state index contributed by atoms with van der Waals surface area (Å²) in [4.78, 5) is 14.6. The zero-order valence-electron chi connectivity index (χ0n) is 15.0. The van der Waals surface area contributed by atoms with Gasteiger partial charge in [0.05, 0.1) is 12.3 Å². The van der Waals surface area contributed by atoms with Gasteiger partial charge in [0, 0.05) is 11.6 Å². The largest absolute Gasteiger partial charge is 0.484 e. The molecule has 1 aromatic heterocycles. The average Bonchev–Trinajstić information content (AvgIpc) is 3.18. The van der Waals surface area contributed by atoms with E-state index in [0.29, 0.717) is 17.3 Å². The molecule has 0 aliphatic carbocycles. The minimum absolute atomic E-state index is 0.0219. The third-order valence-corrected chi connectivity index (χ3v) is 5.12. The highest BCUT2D eigenvalue weighted by atomic mass is 35.5. The first kappa shape index (κ1) is 18.8.